The average molecular weight is 505 g/mol. The monoisotopic (exact) mass is 504 g/mol. The van der Waals surface area contributed by atoms with Crippen molar-refractivity contribution >= 4 is 17.5 Å². The minimum Gasteiger partial charge on any atom is -0.459 e. The lowest BCUT2D eigenvalue weighted by atomic mass is 10.0. The summed E-state index contributed by atoms with van der Waals surface area (Å²) in [4.78, 5) is 37.8. The maximum atomic E-state index is 13.9. The molecule has 2 heterocycles. The Kier molecular flexibility index (Phi) is 7.54. The molecule has 1 N–H and O–H groups in total. The maximum absolute atomic E-state index is 13.9. The molecule has 1 aliphatic carbocycles. The van der Waals surface area contributed by atoms with Crippen molar-refractivity contribution in [2.45, 2.75) is 31.8 Å². The van der Waals surface area contributed by atoms with Crippen LogP contribution in [0.1, 0.15) is 42.1 Å². The van der Waals surface area contributed by atoms with Gasteiger partial charge in [0.25, 0.3) is 5.91 Å². The molecule has 1 aliphatic rings. The zero-order valence-corrected chi connectivity index (χ0v) is 21.0. The highest BCUT2D eigenvalue weighted by Gasteiger charge is 2.36. The predicted octanol–water partition coefficient (Wildman–Crippen LogP) is 5.91. The molecule has 5 rings (SSSR count). The summed E-state index contributed by atoms with van der Waals surface area (Å²) in [5.74, 6) is -0.715. The highest BCUT2D eigenvalue weighted by molar-refractivity contribution is 6.08. The van der Waals surface area contributed by atoms with Crippen LogP contribution in [0, 0.1) is 0 Å². The lowest BCUT2D eigenvalue weighted by molar-refractivity contribution is -0.122. The smallest absolute Gasteiger partial charge is 0.295 e. The number of aromatic nitrogens is 2. The van der Waals surface area contributed by atoms with E-state index in [9.17, 15) is 9.59 Å². The topological polar surface area (TPSA) is 88.3 Å². The molecule has 2 atom stereocenters. The van der Waals surface area contributed by atoms with E-state index in [1.54, 1.807) is 12.1 Å². The first kappa shape index (κ1) is 24.9. The summed E-state index contributed by atoms with van der Waals surface area (Å²) in [5.41, 5.74) is 3.94. The molecule has 0 saturated heterocycles. The van der Waals surface area contributed by atoms with Gasteiger partial charge in [-0.3, -0.25) is 24.5 Å². The van der Waals surface area contributed by atoms with Crippen LogP contribution < -0.4 is 10.2 Å². The van der Waals surface area contributed by atoms with Crippen molar-refractivity contribution in [2.24, 2.45) is 0 Å². The van der Waals surface area contributed by atoms with E-state index in [0.717, 1.165) is 29.5 Å². The molecule has 2 aromatic carbocycles. The molecule has 7 heteroatoms. The third-order valence-corrected chi connectivity index (χ3v) is 6.46. The number of rotatable bonds is 8. The summed E-state index contributed by atoms with van der Waals surface area (Å²) in [5, 5.41) is 3.09. The van der Waals surface area contributed by atoms with Gasteiger partial charge in [-0.25, -0.2) is 0 Å². The van der Waals surface area contributed by atoms with Gasteiger partial charge >= 0.3 is 0 Å². The van der Waals surface area contributed by atoms with E-state index in [4.69, 9.17) is 4.42 Å². The van der Waals surface area contributed by atoms with Gasteiger partial charge in [0.2, 0.25) is 5.91 Å². The maximum Gasteiger partial charge on any atom is 0.295 e. The molecular formula is C31H28N4O3. The Balaban J connectivity index is 1.55. The van der Waals surface area contributed by atoms with Gasteiger partial charge in [0.15, 0.2) is 11.8 Å². The summed E-state index contributed by atoms with van der Waals surface area (Å²) in [6.45, 7) is 1.93. The van der Waals surface area contributed by atoms with Crippen molar-refractivity contribution < 1.29 is 14.0 Å². The van der Waals surface area contributed by atoms with E-state index in [-0.39, 0.29) is 17.7 Å². The van der Waals surface area contributed by atoms with Gasteiger partial charge in [0.1, 0.15) is 0 Å². The van der Waals surface area contributed by atoms with E-state index in [1.165, 1.54) is 29.8 Å². The van der Waals surface area contributed by atoms with E-state index in [0.29, 0.717) is 11.4 Å². The van der Waals surface area contributed by atoms with E-state index < -0.39 is 11.9 Å². The normalized spacial score (nSPS) is 14.3. The van der Waals surface area contributed by atoms with Crippen LogP contribution in [0.4, 0.5) is 5.69 Å². The van der Waals surface area contributed by atoms with Crippen LogP contribution >= 0.6 is 0 Å². The van der Waals surface area contributed by atoms with Gasteiger partial charge in [-0.05, 0) is 60.7 Å². The fourth-order valence-electron chi connectivity index (χ4n) is 4.51. The van der Waals surface area contributed by atoms with Gasteiger partial charge in [0.05, 0.1) is 24.2 Å². The Morgan fingerprint density at radius 2 is 1.74 bits per heavy atom. The fraction of sp³-hybridized carbons (Fsp3) is 0.161. The van der Waals surface area contributed by atoms with Crippen LogP contribution in [-0.2, 0) is 4.79 Å². The van der Waals surface area contributed by atoms with E-state index >= 15 is 0 Å². The number of nitrogens with one attached hydrogen (secondary N) is 1. The summed E-state index contributed by atoms with van der Waals surface area (Å²) in [7, 11) is 0. The molecule has 0 spiro atoms. The Morgan fingerprint density at radius 1 is 0.947 bits per heavy atom. The molecule has 38 heavy (non-hydrogen) atoms. The molecule has 0 bridgehead atoms. The quantitative estimate of drug-likeness (QED) is 0.322. The molecule has 2 amide bonds. The van der Waals surface area contributed by atoms with Crippen LogP contribution in [0.25, 0.3) is 11.1 Å². The second-order valence-corrected chi connectivity index (χ2v) is 9.01. The van der Waals surface area contributed by atoms with Gasteiger partial charge in [0, 0.05) is 18.1 Å². The van der Waals surface area contributed by atoms with Crippen LogP contribution in [0.2, 0.25) is 0 Å². The molecule has 7 nitrogen and oxygen atoms in total. The zero-order chi connectivity index (χ0) is 26.3. The number of carbonyl (C=O) groups excluding carboxylic acids is 2. The lowest BCUT2D eigenvalue weighted by Crippen LogP contribution is -2.47. The molecule has 1 unspecified atom stereocenters. The number of carbonyl (C=O) groups is 2. The first-order chi connectivity index (χ1) is 18.6. The number of hydrogen-bond donors (Lipinski definition) is 1. The number of benzene rings is 2. The number of nitrogens with zero attached hydrogens (tertiary/aromatic N) is 3. The van der Waals surface area contributed by atoms with Gasteiger partial charge in [-0.2, -0.15) is 0 Å². The molecule has 0 radical (unpaired) electrons. The molecule has 2 aromatic heterocycles. The number of furan rings is 1. The van der Waals surface area contributed by atoms with Crippen LogP contribution in [0.3, 0.4) is 0 Å². The minimum atomic E-state index is -1.08. The van der Waals surface area contributed by atoms with Crippen molar-refractivity contribution in [3.8, 4) is 11.1 Å². The highest BCUT2D eigenvalue weighted by atomic mass is 16.3. The second kappa shape index (κ2) is 11.5. The lowest BCUT2D eigenvalue weighted by Gasteiger charge is -2.31. The first-order valence-corrected chi connectivity index (χ1v) is 12.6. The summed E-state index contributed by atoms with van der Waals surface area (Å²) >= 11 is 0. The predicted molar refractivity (Wildman–Crippen MR) is 146 cm³/mol. The number of amides is 2. The Labute approximate surface area is 221 Å². The summed E-state index contributed by atoms with van der Waals surface area (Å²) in [6, 6.07) is 19.4. The standard InChI is InChI=1S/C31H28N4O3/c1-22(23-9-4-2-5-10-23)34-30(36)29(27-21-32-18-19-33-27)35(31(37)28-13-8-20-38-28)26-16-14-25(15-17-26)24-11-6-3-7-12-24/h3-4,6-22,29H,2,5H2,1H3,(H,34,36)/t22-,29?/m0/s1. The summed E-state index contributed by atoms with van der Waals surface area (Å²) < 4.78 is 5.46. The van der Waals surface area contributed by atoms with E-state index in [1.807, 2.05) is 67.6 Å². The third-order valence-electron chi connectivity index (χ3n) is 6.46. The van der Waals surface area contributed by atoms with E-state index in [2.05, 4.69) is 27.4 Å². The Morgan fingerprint density at radius 3 is 2.39 bits per heavy atom. The molecular weight excluding hydrogens is 476 g/mol. The van der Waals surface area contributed by atoms with Crippen LogP contribution in [0.15, 0.2) is 120 Å². The fourth-order valence-corrected chi connectivity index (χ4v) is 4.51. The van der Waals surface area contributed by atoms with Crippen LogP contribution in [0.5, 0.6) is 0 Å². The van der Waals surface area contributed by atoms with Crippen molar-refractivity contribution in [3.63, 3.8) is 0 Å². The van der Waals surface area contributed by atoms with Crippen molar-refractivity contribution in [2.75, 3.05) is 4.90 Å². The Bertz CT molecular complexity index is 1430. The van der Waals surface area contributed by atoms with Gasteiger partial charge in [-0.15, -0.1) is 0 Å². The third kappa shape index (κ3) is 5.47. The Hall–Kier alpha value is -4.78. The largest absolute Gasteiger partial charge is 0.459 e. The molecule has 4 aromatic rings. The second-order valence-electron chi connectivity index (χ2n) is 9.01. The molecule has 0 aliphatic heterocycles. The first-order valence-electron chi connectivity index (χ1n) is 12.6. The molecule has 190 valence electrons. The molecule has 0 saturated carbocycles. The minimum absolute atomic E-state index is 0.116. The number of hydrogen-bond acceptors (Lipinski definition) is 5. The van der Waals surface area contributed by atoms with Crippen molar-refractivity contribution in [3.05, 3.63) is 127 Å². The average Bonchev–Trinajstić information content (AvgIpc) is 3.52. The summed E-state index contributed by atoms with van der Waals surface area (Å²) in [6.07, 6.45) is 14.1. The highest BCUT2D eigenvalue weighted by Crippen LogP contribution is 2.31. The van der Waals surface area contributed by atoms with Crippen molar-refractivity contribution in [1.82, 2.24) is 15.3 Å². The van der Waals surface area contributed by atoms with Gasteiger partial charge < -0.3 is 9.73 Å². The number of allylic oxidation sites excluding steroid dienone is 2. The van der Waals surface area contributed by atoms with Crippen LogP contribution in [-0.4, -0.2) is 27.8 Å². The van der Waals surface area contributed by atoms with Crippen molar-refractivity contribution in [1.29, 1.82) is 0 Å². The molecule has 0 fully saturated rings. The van der Waals surface area contributed by atoms with Gasteiger partial charge in [-0.1, -0.05) is 60.7 Å². The number of anilines is 1. The SMILES string of the molecule is C[C@H](NC(=O)C(c1cnccn1)N(C(=O)c1ccco1)c1ccc(-c2ccccc2)cc1)C1=CCCC=C1. The zero-order valence-electron chi connectivity index (χ0n) is 21.0.